The summed E-state index contributed by atoms with van der Waals surface area (Å²) in [5.74, 6) is -2.00. The summed E-state index contributed by atoms with van der Waals surface area (Å²) in [5.41, 5.74) is 10.5. The van der Waals surface area contributed by atoms with Crippen LogP contribution in [-0.4, -0.2) is 61.1 Å². The lowest BCUT2D eigenvalue weighted by Crippen LogP contribution is -2.73. The minimum Gasteiger partial charge on any atom is -0.479 e. The van der Waals surface area contributed by atoms with E-state index in [2.05, 4.69) is 4.98 Å². The van der Waals surface area contributed by atoms with Crippen molar-refractivity contribution < 1.29 is 24.2 Å². The number of thiazole rings is 1. The molecule has 2 amide bonds. The number of ether oxygens (including phenoxy) is 1. The summed E-state index contributed by atoms with van der Waals surface area (Å²) in [7, 11) is 0. The maximum absolute atomic E-state index is 12.6. The highest BCUT2D eigenvalue weighted by Crippen LogP contribution is 2.59. The lowest BCUT2D eigenvalue weighted by Gasteiger charge is -2.51. The molecule has 0 aromatic carbocycles. The normalized spacial score (nSPS) is 33.1. The number of carbonyl (C=O) groups is 3. The third-order valence-corrected chi connectivity index (χ3v) is 8.44. The van der Waals surface area contributed by atoms with Gasteiger partial charge in [-0.25, -0.2) is 9.78 Å². The maximum atomic E-state index is 12.6. The fourth-order valence-corrected chi connectivity index (χ4v) is 7.23. The zero-order valence-corrected chi connectivity index (χ0v) is 18.3. The molecule has 162 valence electrons. The molecule has 1 unspecified atom stereocenters. The Balaban J connectivity index is 1.68. The van der Waals surface area contributed by atoms with Gasteiger partial charge in [0, 0.05) is 16.7 Å². The number of fused-ring (bicyclic) bond motifs is 1. The third kappa shape index (κ3) is 3.02. The molecule has 30 heavy (non-hydrogen) atoms. The number of carboxylic acids is 1. The average Bonchev–Trinajstić information content (AvgIpc) is 3.16. The number of amides is 2. The summed E-state index contributed by atoms with van der Waals surface area (Å²) in [6.45, 7) is 4.03. The fraction of sp³-hybridized carbons (Fsp3) is 0.579. The van der Waals surface area contributed by atoms with Crippen molar-refractivity contribution >= 4 is 51.6 Å². The minimum atomic E-state index is -1.47. The van der Waals surface area contributed by atoms with E-state index in [0.717, 1.165) is 0 Å². The first-order valence-electron chi connectivity index (χ1n) is 9.66. The molecule has 1 aromatic heterocycles. The predicted molar refractivity (Wildman–Crippen MR) is 113 cm³/mol. The molecule has 1 aromatic rings. The van der Waals surface area contributed by atoms with E-state index in [9.17, 15) is 19.5 Å². The second-order valence-electron chi connectivity index (χ2n) is 8.28. The number of β-lactam (4-membered cyclic amide) rings is 1. The van der Waals surface area contributed by atoms with Gasteiger partial charge in [0.1, 0.15) is 0 Å². The van der Waals surface area contributed by atoms with E-state index in [1.54, 1.807) is 11.5 Å². The van der Waals surface area contributed by atoms with Crippen LogP contribution in [-0.2, 0) is 19.1 Å². The summed E-state index contributed by atoms with van der Waals surface area (Å²) >= 11 is 2.72. The highest BCUT2D eigenvalue weighted by molar-refractivity contribution is 8.01. The Morgan fingerprint density at radius 3 is 2.73 bits per heavy atom. The monoisotopic (exact) mass is 452 g/mol. The van der Waals surface area contributed by atoms with Gasteiger partial charge in [-0.3, -0.25) is 9.59 Å². The van der Waals surface area contributed by atoms with Crippen molar-refractivity contribution in [2.45, 2.75) is 54.9 Å². The van der Waals surface area contributed by atoms with E-state index in [1.807, 2.05) is 13.8 Å². The Morgan fingerprint density at radius 2 is 2.17 bits per heavy atom. The summed E-state index contributed by atoms with van der Waals surface area (Å²) in [4.78, 5) is 42.7. The lowest BCUT2D eigenvalue weighted by atomic mass is 9.73. The molecular weight excluding hydrogens is 428 g/mol. The molecule has 0 saturated carbocycles. The number of anilines is 1. The first-order chi connectivity index (χ1) is 14.1. The number of hydrogen-bond acceptors (Lipinski definition) is 8. The lowest BCUT2D eigenvalue weighted by molar-refractivity contribution is -0.187. The fourth-order valence-electron chi connectivity index (χ4n) is 4.87. The molecule has 5 N–H and O–H groups in total. The van der Waals surface area contributed by atoms with Crippen LogP contribution in [0, 0.1) is 5.92 Å². The van der Waals surface area contributed by atoms with Crippen molar-refractivity contribution in [2.75, 3.05) is 12.3 Å². The van der Waals surface area contributed by atoms with Crippen molar-refractivity contribution in [1.29, 1.82) is 0 Å². The number of allylic oxidation sites excluding steroid dienone is 1. The Bertz CT molecular complexity index is 945. The molecule has 9 nitrogen and oxygen atoms in total. The van der Waals surface area contributed by atoms with Gasteiger partial charge >= 0.3 is 5.97 Å². The van der Waals surface area contributed by atoms with Crippen LogP contribution < -0.4 is 11.5 Å². The number of carboxylic acid groups (broad SMARTS) is 1. The molecule has 4 heterocycles. The van der Waals surface area contributed by atoms with Gasteiger partial charge in [-0.1, -0.05) is 6.08 Å². The first kappa shape index (κ1) is 21.1. The van der Waals surface area contributed by atoms with E-state index >= 15 is 0 Å². The molecule has 0 bridgehead atoms. The molecule has 0 aliphatic carbocycles. The number of nitrogen functional groups attached to an aromatic ring is 1. The molecule has 11 heteroatoms. The zero-order valence-electron chi connectivity index (χ0n) is 16.7. The van der Waals surface area contributed by atoms with Crippen LogP contribution in [0.5, 0.6) is 0 Å². The summed E-state index contributed by atoms with van der Waals surface area (Å²) < 4.78 is 5.24. The van der Waals surface area contributed by atoms with Gasteiger partial charge in [0.2, 0.25) is 5.91 Å². The molecular formula is C19H24N4O5S2. The van der Waals surface area contributed by atoms with Crippen molar-refractivity contribution in [3.05, 3.63) is 17.2 Å². The van der Waals surface area contributed by atoms with E-state index in [4.69, 9.17) is 16.2 Å². The van der Waals surface area contributed by atoms with Gasteiger partial charge in [0.25, 0.3) is 5.91 Å². The number of rotatable bonds is 5. The average molecular weight is 453 g/mol. The van der Waals surface area contributed by atoms with E-state index in [1.165, 1.54) is 28.0 Å². The Kier molecular flexibility index (Phi) is 5.10. The zero-order chi connectivity index (χ0) is 21.8. The molecule has 4 atom stereocenters. The highest BCUT2D eigenvalue weighted by Gasteiger charge is 2.73. The van der Waals surface area contributed by atoms with Crippen LogP contribution in [0.2, 0.25) is 0 Å². The van der Waals surface area contributed by atoms with Gasteiger partial charge in [-0.15, -0.1) is 23.1 Å². The van der Waals surface area contributed by atoms with E-state index in [0.29, 0.717) is 36.7 Å². The second kappa shape index (κ2) is 7.24. The number of primary amides is 1. The van der Waals surface area contributed by atoms with Crippen LogP contribution in [0.25, 0.3) is 5.57 Å². The summed E-state index contributed by atoms with van der Waals surface area (Å²) in [5, 5.41) is 12.2. The number of aromatic nitrogens is 1. The van der Waals surface area contributed by atoms with E-state index in [-0.39, 0.29) is 22.8 Å². The topological polar surface area (TPSA) is 149 Å². The van der Waals surface area contributed by atoms with Gasteiger partial charge in [0.15, 0.2) is 10.7 Å². The van der Waals surface area contributed by atoms with Crippen LogP contribution in [0.15, 0.2) is 11.5 Å². The highest BCUT2D eigenvalue weighted by atomic mass is 32.2. The van der Waals surface area contributed by atoms with Crippen molar-refractivity contribution in [2.24, 2.45) is 11.7 Å². The molecule has 0 radical (unpaired) electrons. The van der Waals surface area contributed by atoms with Gasteiger partial charge in [-0.05, 0) is 32.6 Å². The number of carbonyl (C=O) groups excluding carboxylic acids is 2. The first-order valence-corrected chi connectivity index (χ1v) is 11.4. The minimum absolute atomic E-state index is 0.151. The quantitative estimate of drug-likeness (QED) is 0.447. The molecule has 4 rings (SSSR count). The molecule has 0 spiro atoms. The largest absolute Gasteiger partial charge is 0.479 e. The number of aliphatic carboxylic acids is 1. The molecule has 3 fully saturated rings. The number of thioether (sulfide) groups is 1. The summed E-state index contributed by atoms with van der Waals surface area (Å²) in [6.07, 6.45) is 2.33. The molecule has 3 saturated heterocycles. The van der Waals surface area contributed by atoms with Crippen molar-refractivity contribution in [3.63, 3.8) is 0 Å². The van der Waals surface area contributed by atoms with Crippen LogP contribution in [0.4, 0.5) is 5.13 Å². The predicted octanol–water partition coefficient (Wildman–Crippen LogP) is 1.30. The van der Waals surface area contributed by atoms with Crippen molar-refractivity contribution in [3.8, 4) is 0 Å². The molecule has 3 aliphatic heterocycles. The smallest absolute Gasteiger partial charge is 0.333 e. The van der Waals surface area contributed by atoms with Crippen LogP contribution >= 0.6 is 23.1 Å². The van der Waals surface area contributed by atoms with Gasteiger partial charge in [0.05, 0.1) is 29.2 Å². The second-order valence-corrected chi connectivity index (χ2v) is 11.0. The molecule has 3 aliphatic rings. The Morgan fingerprint density at radius 1 is 1.43 bits per heavy atom. The Hall–Kier alpha value is -2.11. The third-order valence-electron chi connectivity index (χ3n) is 6.22. The number of hydrogen-bond donors (Lipinski definition) is 3. The van der Waals surface area contributed by atoms with Crippen LogP contribution in [0.3, 0.4) is 0 Å². The standard InChI is InChI=1S/C19H24N4O5S2/c1-18(2)19(16(26)27,23-13(24)7-14(23)30-18)12-6-9(3-4-28-12)5-10(15(20)25)11-8-29-17(21)22-11/h5,8-9,12,14H,3-4,6-7H2,1-2H3,(H2,20,25)(H2,21,22)(H,26,27)/b10-5-/t9?,12-,14-,19-/m1/s1. The van der Waals surface area contributed by atoms with Crippen LogP contribution in [0.1, 0.15) is 38.8 Å². The number of nitrogens with zero attached hydrogens (tertiary/aromatic N) is 2. The van der Waals surface area contributed by atoms with Gasteiger partial charge < -0.3 is 26.2 Å². The Labute approximate surface area is 181 Å². The number of nitrogens with two attached hydrogens (primary N) is 2. The van der Waals surface area contributed by atoms with Gasteiger partial charge in [-0.2, -0.15) is 0 Å². The summed E-state index contributed by atoms with van der Waals surface area (Å²) in [6, 6.07) is 0. The maximum Gasteiger partial charge on any atom is 0.333 e. The SMILES string of the molecule is CC1(C)S[C@@H]2CC(=O)N2[C@@]1(C(=O)O)[C@H]1CC(/C=C(\C(N)=O)c2csc(N)n2)CCO1. The van der Waals surface area contributed by atoms with E-state index < -0.39 is 28.3 Å². The van der Waals surface area contributed by atoms with Crippen molar-refractivity contribution in [1.82, 2.24) is 9.88 Å².